The molecule has 4 N–H and O–H groups in total. The first-order valence-electron chi connectivity index (χ1n) is 6.59. The number of benzene rings is 1. The van der Waals surface area contributed by atoms with Gasteiger partial charge in [-0.3, -0.25) is 0 Å². The Bertz CT molecular complexity index is 601. The van der Waals surface area contributed by atoms with E-state index in [0.717, 1.165) is 11.5 Å². The fraction of sp³-hybridized carbons (Fsp3) is 0.333. The van der Waals surface area contributed by atoms with Gasteiger partial charge in [-0.15, -0.1) is 0 Å². The molecule has 0 aliphatic rings. The van der Waals surface area contributed by atoms with Crippen LogP contribution in [-0.2, 0) is 5.41 Å². The molecule has 106 valence electrons. The fourth-order valence-electron chi connectivity index (χ4n) is 2.09. The summed E-state index contributed by atoms with van der Waals surface area (Å²) in [5.41, 5.74) is 4.88. The number of hydrazine groups is 1. The highest BCUT2D eigenvalue weighted by molar-refractivity contribution is 5.64. The molecule has 0 saturated carbocycles. The predicted molar refractivity (Wildman–Crippen MR) is 83.0 cm³/mol. The molecule has 0 fully saturated rings. The number of nitrogens with one attached hydrogen (secondary N) is 2. The van der Waals surface area contributed by atoms with Gasteiger partial charge in [-0.05, 0) is 24.0 Å². The largest absolute Gasteiger partial charge is 0.340 e. The fourth-order valence-corrected chi connectivity index (χ4v) is 2.09. The first kappa shape index (κ1) is 14.3. The summed E-state index contributed by atoms with van der Waals surface area (Å²) < 4.78 is 0. The van der Waals surface area contributed by atoms with E-state index in [2.05, 4.69) is 47.5 Å². The molecule has 1 aromatic heterocycles. The SMILES string of the molecule is Cc1nc(NN)cc(Nc2ccccc2C(C)(C)C)n1. The van der Waals surface area contributed by atoms with Crippen molar-refractivity contribution >= 4 is 17.3 Å². The maximum Gasteiger partial charge on any atom is 0.145 e. The Labute approximate surface area is 119 Å². The van der Waals surface area contributed by atoms with Crippen LogP contribution in [-0.4, -0.2) is 9.97 Å². The smallest absolute Gasteiger partial charge is 0.145 e. The Kier molecular flexibility index (Phi) is 3.90. The summed E-state index contributed by atoms with van der Waals surface area (Å²) in [6.45, 7) is 8.39. The Morgan fingerprint density at radius 3 is 2.35 bits per heavy atom. The molecule has 0 spiro atoms. The predicted octanol–water partition coefficient (Wildman–Crippen LogP) is 3.11. The molecular weight excluding hydrogens is 250 g/mol. The molecule has 0 unspecified atom stereocenters. The second-order valence-electron chi connectivity index (χ2n) is 5.75. The quantitative estimate of drug-likeness (QED) is 0.590. The highest BCUT2D eigenvalue weighted by Crippen LogP contribution is 2.31. The van der Waals surface area contributed by atoms with Crippen molar-refractivity contribution in [2.24, 2.45) is 5.84 Å². The summed E-state index contributed by atoms with van der Waals surface area (Å²) in [7, 11) is 0. The van der Waals surface area contributed by atoms with Gasteiger partial charge < -0.3 is 10.7 Å². The maximum atomic E-state index is 5.41. The second-order valence-corrected chi connectivity index (χ2v) is 5.75. The van der Waals surface area contributed by atoms with Gasteiger partial charge in [0.2, 0.25) is 0 Å². The molecule has 0 amide bonds. The van der Waals surface area contributed by atoms with E-state index in [1.807, 2.05) is 25.1 Å². The number of hydrogen-bond donors (Lipinski definition) is 3. The normalized spacial score (nSPS) is 11.2. The molecule has 5 nitrogen and oxygen atoms in total. The number of nitrogens with two attached hydrogens (primary N) is 1. The van der Waals surface area contributed by atoms with Crippen molar-refractivity contribution in [1.82, 2.24) is 9.97 Å². The molecule has 1 heterocycles. The first-order valence-corrected chi connectivity index (χ1v) is 6.59. The number of aromatic nitrogens is 2. The van der Waals surface area contributed by atoms with E-state index in [9.17, 15) is 0 Å². The number of hydrogen-bond acceptors (Lipinski definition) is 5. The molecule has 5 heteroatoms. The van der Waals surface area contributed by atoms with Crippen LogP contribution in [0.3, 0.4) is 0 Å². The van der Waals surface area contributed by atoms with E-state index < -0.39 is 0 Å². The van der Waals surface area contributed by atoms with Gasteiger partial charge in [0.1, 0.15) is 17.5 Å². The molecule has 0 aliphatic carbocycles. The van der Waals surface area contributed by atoms with Crippen LogP contribution in [0.2, 0.25) is 0 Å². The molecule has 20 heavy (non-hydrogen) atoms. The highest BCUT2D eigenvalue weighted by Gasteiger charge is 2.17. The molecule has 1 aromatic carbocycles. The van der Waals surface area contributed by atoms with Gasteiger partial charge in [-0.25, -0.2) is 15.8 Å². The molecule has 0 radical (unpaired) electrons. The third-order valence-electron chi connectivity index (χ3n) is 2.98. The number of nitrogens with zero attached hydrogens (tertiary/aromatic N) is 2. The van der Waals surface area contributed by atoms with E-state index in [4.69, 9.17) is 5.84 Å². The topological polar surface area (TPSA) is 75.9 Å². The lowest BCUT2D eigenvalue weighted by molar-refractivity contribution is 0.592. The Hall–Kier alpha value is -2.14. The third-order valence-corrected chi connectivity index (χ3v) is 2.98. The average Bonchev–Trinajstić information content (AvgIpc) is 2.37. The van der Waals surface area contributed by atoms with Gasteiger partial charge in [0.25, 0.3) is 0 Å². The number of aryl methyl sites for hydroxylation is 1. The van der Waals surface area contributed by atoms with Gasteiger partial charge in [0, 0.05) is 11.8 Å². The summed E-state index contributed by atoms with van der Waals surface area (Å²) >= 11 is 0. The van der Waals surface area contributed by atoms with Crippen molar-refractivity contribution in [2.75, 3.05) is 10.7 Å². The average molecular weight is 271 g/mol. The summed E-state index contributed by atoms with van der Waals surface area (Å²) in [5, 5.41) is 3.35. The van der Waals surface area contributed by atoms with Crippen LogP contribution >= 0.6 is 0 Å². The summed E-state index contributed by atoms with van der Waals surface area (Å²) in [6.07, 6.45) is 0. The summed E-state index contributed by atoms with van der Waals surface area (Å²) in [5.74, 6) is 7.39. The molecule has 2 rings (SSSR count). The lowest BCUT2D eigenvalue weighted by Gasteiger charge is -2.23. The number of para-hydroxylation sites is 1. The van der Waals surface area contributed by atoms with Crippen LogP contribution in [0, 0.1) is 6.92 Å². The van der Waals surface area contributed by atoms with Crippen LogP contribution < -0.4 is 16.6 Å². The van der Waals surface area contributed by atoms with Gasteiger partial charge >= 0.3 is 0 Å². The summed E-state index contributed by atoms with van der Waals surface area (Å²) in [6, 6.07) is 10.0. The molecule has 0 aliphatic heterocycles. The zero-order valence-corrected chi connectivity index (χ0v) is 12.4. The van der Waals surface area contributed by atoms with Gasteiger partial charge in [0.05, 0.1) is 0 Å². The maximum absolute atomic E-state index is 5.41. The lowest BCUT2D eigenvalue weighted by atomic mass is 9.86. The van der Waals surface area contributed by atoms with Crippen molar-refractivity contribution in [3.8, 4) is 0 Å². The minimum Gasteiger partial charge on any atom is -0.340 e. The van der Waals surface area contributed by atoms with Crippen LogP contribution in [0.1, 0.15) is 32.2 Å². The monoisotopic (exact) mass is 271 g/mol. The Balaban J connectivity index is 2.38. The van der Waals surface area contributed by atoms with Crippen LogP contribution in [0.15, 0.2) is 30.3 Å². The number of rotatable bonds is 3. The standard InChI is InChI=1S/C15H21N5/c1-10-17-13(9-14(18-10)20-16)19-12-8-6-5-7-11(12)15(2,3)4/h5-9H,16H2,1-4H3,(H2,17,18,19,20). The zero-order valence-electron chi connectivity index (χ0n) is 12.4. The van der Waals surface area contributed by atoms with Gasteiger partial charge in [-0.1, -0.05) is 39.0 Å². The zero-order chi connectivity index (χ0) is 14.8. The molecule has 0 saturated heterocycles. The lowest BCUT2D eigenvalue weighted by Crippen LogP contribution is -2.14. The number of anilines is 3. The minimum absolute atomic E-state index is 0.0562. The molecular formula is C15H21N5. The van der Waals surface area contributed by atoms with E-state index in [-0.39, 0.29) is 5.41 Å². The van der Waals surface area contributed by atoms with E-state index in [1.165, 1.54) is 5.56 Å². The highest BCUT2D eigenvalue weighted by atomic mass is 15.3. The first-order chi connectivity index (χ1) is 9.40. The van der Waals surface area contributed by atoms with Crippen molar-refractivity contribution in [2.45, 2.75) is 33.1 Å². The van der Waals surface area contributed by atoms with E-state index in [1.54, 1.807) is 6.07 Å². The summed E-state index contributed by atoms with van der Waals surface area (Å²) in [4.78, 5) is 8.56. The van der Waals surface area contributed by atoms with Gasteiger partial charge in [0.15, 0.2) is 0 Å². The van der Waals surface area contributed by atoms with Crippen molar-refractivity contribution in [3.05, 3.63) is 41.7 Å². The Morgan fingerprint density at radius 2 is 1.70 bits per heavy atom. The van der Waals surface area contributed by atoms with E-state index in [0.29, 0.717) is 11.6 Å². The molecule has 0 atom stereocenters. The minimum atomic E-state index is 0.0562. The van der Waals surface area contributed by atoms with Crippen LogP contribution in [0.4, 0.5) is 17.3 Å². The second kappa shape index (κ2) is 5.46. The Morgan fingerprint density at radius 1 is 1.05 bits per heavy atom. The van der Waals surface area contributed by atoms with Crippen molar-refractivity contribution in [1.29, 1.82) is 0 Å². The van der Waals surface area contributed by atoms with Crippen molar-refractivity contribution in [3.63, 3.8) is 0 Å². The van der Waals surface area contributed by atoms with Crippen LogP contribution in [0.25, 0.3) is 0 Å². The van der Waals surface area contributed by atoms with Gasteiger partial charge in [-0.2, -0.15) is 0 Å². The molecule has 0 bridgehead atoms. The van der Waals surface area contributed by atoms with Crippen LogP contribution in [0.5, 0.6) is 0 Å². The third kappa shape index (κ3) is 3.24. The van der Waals surface area contributed by atoms with Crippen molar-refractivity contribution < 1.29 is 0 Å². The van der Waals surface area contributed by atoms with E-state index >= 15 is 0 Å². The number of nitrogen functional groups attached to an aromatic ring is 1. The molecule has 2 aromatic rings.